The molecule has 8 heteroatoms. The number of aromatic nitrogens is 2. The number of anilines is 1. The molecule has 1 aliphatic carbocycles. The van der Waals surface area contributed by atoms with E-state index in [2.05, 4.69) is 50.9 Å². The number of nitrogens with zero attached hydrogens (tertiary/aromatic N) is 6. The van der Waals surface area contributed by atoms with Crippen molar-refractivity contribution < 1.29 is 0 Å². The number of guanidine groups is 1. The molecule has 1 saturated carbocycles. The predicted molar refractivity (Wildman–Crippen MR) is 117 cm³/mol. The van der Waals surface area contributed by atoms with Gasteiger partial charge in [0.1, 0.15) is 0 Å². The minimum atomic E-state index is 0. The highest BCUT2D eigenvalue weighted by Gasteiger charge is 2.29. The third-order valence-corrected chi connectivity index (χ3v) is 5.07. The molecule has 0 spiro atoms. The van der Waals surface area contributed by atoms with Gasteiger partial charge in [0.05, 0.1) is 6.54 Å². The zero-order chi connectivity index (χ0) is 17.6. The van der Waals surface area contributed by atoms with Crippen LogP contribution in [0.15, 0.2) is 23.5 Å². The van der Waals surface area contributed by atoms with E-state index in [9.17, 15) is 0 Å². The fraction of sp³-hybridized carbons (Fsp3) is 0.722. The van der Waals surface area contributed by atoms with E-state index < -0.39 is 0 Å². The number of likely N-dealkylation sites (N-methyl/N-ethyl adjacent to an activating group) is 1. The second-order valence-corrected chi connectivity index (χ2v) is 6.96. The molecule has 1 unspecified atom stereocenters. The van der Waals surface area contributed by atoms with Crippen molar-refractivity contribution in [3.05, 3.63) is 18.5 Å². The molecule has 2 aliphatic rings. The summed E-state index contributed by atoms with van der Waals surface area (Å²) in [5, 5.41) is 3.45. The highest BCUT2D eigenvalue weighted by molar-refractivity contribution is 14.0. The molecule has 1 aromatic rings. The lowest BCUT2D eigenvalue weighted by atomic mass is 10.3. The molecule has 1 saturated heterocycles. The van der Waals surface area contributed by atoms with Crippen LogP contribution in [0.5, 0.6) is 0 Å². The molecule has 0 bridgehead atoms. The smallest absolute Gasteiger partial charge is 0.225 e. The van der Waals surface area contributed by atoms with Crippen molar-refractivity contribution in [3.63, 3.8) is 0 Å². The Morgan fingerprint density at radius 2 is 1.92 bits per heavy atom. The maximum absolute atomic E-state index is 4.91. The zero-order valence-electron chi connectivity index (χ0n) is 16.1. The van der Waals surface area contributed by atoms with Gasteiger partial charge in [0.2, 0.25) is 5.95 Å². The summed E-state index contributed by atoms with van der Waals surface area (Å²) in [7, 11) is 2.23. The first kappa shape index (κ1) is 21.1. The van der Waals surface area contributed by atoms with Crippen molar-refractivity contribution in [3.8, 4) is 0 Å². The Labute approximate surface area is 174 Å². The molecule has 26 heavy (non-hydrogen) atoms. The van der Waals surface area contributed by atoms with Crippen molar-refractivity contribution in [1.29, 1.82) is 0 Å². The van der Waals surface area contributed by atoms with Crippen molar-refractivity contribution in [2.45, 2.75) is 38.8 Å². The molecule has 146 valence electrons. The third kappa shape index (κ3) is 5.67. The lowest BCUT2D eigenvalue weighted by Gasteiger charge is -2.36. The van der Waals surface area contributed by atoms with E-state index >= 15 is 0 Å². The number of rotatable bonds is 6. The number of nitrogens with one attached hydrogen (secondary N) is 1. The van der Waals surface area contributed by atoms with Crippen molar-refractivity contribution >= 4 is 35.9 Å². The Morgan fingerprint density at radius 3 is 2.50 bits per heavy atom. The molecule has 1 N–H and O–H groups in total. The van der Waals surface area contributed by atoms with E-state index in [1.165, 1.54) is 12.8 Å². The summed E-state index contributed by atoms with van der Waals surface area (Å²) < 4.78 is 0. The minimum absolute atomic E-state index is 0. The lowest BCUT2D eigenvalue weighted by molar-refractivity contribution is 0.252. The summed E-state index contributed by atoms with van der Waals surface area (Å²) in [6.45, 7) is 9.87. The van der Waals surface area contributed by atoms with Gasteiger partial charge in [-0.15, -0.1) is 24.0 Å². The highest BCUT2D eigenvalue weighted by atomic mass is 127. The molecular weight excluding hydrogens is 441 g/mol. The maximum atomic E-state index is 4.91. The third-order valence-electron chi connectivity index (χ3n) is 5.07. The first-order valence-electron chi connectivity index (χ1n) is 9.46. The molecule has 1 aliphatic heterocycles. The van der Waals surface area contributed by atoms with E-state index in [0.717, 1.165) is 57.2 Å². The minimum Gasteiger partial charge on any atom is -0.357 e. The van der Waals surface area contributed by atoms with Crippen molar-refractivity contribution in [2.24, 2.45) is 4.99 Å². The van der Waals surface area contributed by atoms with Gasteiger partial charge in [-0.1, -0.05) is 0 Å². The number of hydrogen-bond donors (Lipinski definition) is 1. The largest absolute Gasteiger partial charge is 0.357 e. The molecular formula is C18H32IN7. The molecule has 0 radical (unpaired) electrons. The van der Waals surface area contributed by atoms with E-state index in [0.29, 0.717) is 6.04 Å². The number of aliphatic imine (C=N–C) groups is 1. The summed E-state index contributed by atoms with van der Waals surface area (Å²) in [5.41, 5.74) is 0. The van der Waals surface area contributed by atoms with Crippen molar-refractivity contribution in [1.82, 2.24) is 25.1 Å². The molecule has 0 aromatic carbocycles. The quantitative estimate of drug-likeness (QED) is 0.386. The van der Waals surface area contributed by atoms with Gasteiger partial charge in [0.25, 0.3) is 0 Å². The van der Waals surface area contributed by atoms with Crippen LogP contribution < -0.4 is 10.2 Å². The molecule has 2 fully saturated rings. The summed E-state index contributed by atoms with van der Waals surface area (Å²) in [4.78, 5) is 20.7. The van der Waals surface area contributed by atoms with Crippen LogP contribution in [-0.4, -0.2) is 84.1 Å². The predicted octanol–water partition coefficient (Wildman–Crippen LogP) is 1.66. The van der Waals surface area contributed by atoms with Gasteiger partial charge in [-0.05, 0) is 39.8 Å². The fourth-order valence-corrected chi connectivity index (χ4v) is 3.19. The normalized spacial score (nSPS) is 19.3. The average molecular weight is 473 g/mol. The van der Waals surface area contributed by atoms with E-state index in [-0.39, 0.29) is 24.0 Å². The Balaban J connectivity index is 0.00000243. The van der Waals surface area contributed by atoms with Crippen LogP contribution in [0.4, 0.5) is 5.95 Å². The molecule has 3 rings (SSSR count). The average Bonchev–Trinajstić information content (AvgIpc) is 3.50. The van der Waals surface area contributed by atoms with Crippen LogP contribution >= 0.6 is 24.0 Å². The zero-order valence-corrected chi connectivity index (χ0v) is 18.5. The summed E-state index contributed by atoms with van der Waals surface area (Å²) in [5.74, 6) is 1.86. The number of piperazine rings is 1. The Kier molecular flexibility index (Phi) is 8.33. The second-order valence-electron chi connectivity index (χ2n) is 6.96. The first-order valence-corrected chi connectivity index (χ1v) is 9.46. The molecule has 2 heterocycles. The van der Waals surface area contributed by atoms with E-state index in [4.69, 9.17) is 4.99 Å². The van der Waals surface area contributed by atoms with Gasteiger partial charge < -0.3 is 15.1 Å². The topological polar surface area (TPSA) is 59.9 Å². The molecule has 1 atom stereocenters. The monoisotopic (exact) mass is 473 g/mol. The van der Waals surface area contributed by atoms with Crippen molar-refractivity contribution in [2.75, 3.05) is 51.2 Å². The molecule has 7 nitrogen and oxygen atoms in total. The van der Waals surface area contributed by atoms with Gasteiger partial charge >= 0.3 is 0 Å². The standard InChI is InChI=1S/C18H31N7.HI/c1-4-19-17(22-14-15(2)23(3)16-6-7-16)24-10-12-25(13-11-24)18-20-8-5-9-21-18;/h5,8-9,15-16H,4,6-7,10-14H2,1-3H3,(H,19,22);1H. The van der Waals surface area contributed by atoms with Gasteiger partial charge in [0, 0.05) is 57.2 Å². The SMILES string of the molecule is CCNC(=NCC(C)N(C)C1CC1)N1CCN(c2ncccn2)CC1.I. The summed E-state index contributed by atoms with van der Waals surface area (Å²) in [6.07, 6.45) is 6.29. The second kappa shape index (κ2) is 10.2. The van der Waals surface area contributed by atoms with Gasteiger partial charge in [-0.2, -0.15) is 0 Å². The fourth-order valence-electron chi connectivity index (χ4n) is 3.19. The van der Waals surface area contributed by atoms with Crippen LogP contribution in [0, 0.1) is 0 Å². The number of hydrogen-bond acceptors (Lipinski definition) is 5. The Bertz CT molecular complexity index is 556. The summed E-state index contributed by atoms with van der Waals surface area (Å²) >= 11 is 0. The van der Waals surface area contributed by atoms with Crippen LogP contribution in [-0.2, 0) is 0 Å². The van der Waals surface area contributed by atoms with Crippen LogP contribution in [0.1, 0.15) is 26.7 Å². The molecule has 1 aromatic heterocycles. The van der Waals surface area contributed by atoms with Gasteiger partial charge in [-0.25, -0.2) is 9.97 Å². The first-order chi connectivity index (χ1) is 12.2. The highest BCUT2D eigenvalue weighted by Crippen LogP contribution is 2.26. The lowest BCUT2D eigenvalue weighted by Crippen LogP contribution is -2.53. The molecule has 0 amide bonds. The van der Waals surface area contributed by atoms with Crippen LogP contribution in [0.3, 0.4) is 0 Å². The summed E-state index contributed by atoms with van der Waals surface area (Å²) in [6, 6.07) is 3.12. The van der Waals surface area contributed by atoms with E-state index in [1.54, 1.807) is 12.4 Å². The number of halogens is 1. The van der Waals surface area contributed by atoms with E-state index in [1.807, 2.05) is 6.07 Å². The Morgan fingerprint density at radius 1 is 1.27 bits per heavy atom. The van der Waals surface area contributed by atoms with Gasteiger partial charge in [0.15, 0.2) is 5.96 Å². The van der Waals surface area contributed by atoms with Crippen LogP contribution in [0.25, 0.3) is 0 Å². The Hall–Kier alpha value is -1.16. The maximum Gasteiger partial charge on any atom is 0.225 e. The van der Waals surface area contributed by atoms with Crippen LogP contribution in [0.2, 0.25) is 0 Å². The van der Waals surface area contributed by atoms with Gasteiger partial charge in [-0.3, -0.25) is 9.89 Å².